The van der Waals surface area contributed by atoms with Gasteiger partial charge in [-0.05, 0) is 44.1 Å². The van der Waals surface area contributed by atoms with Gasteiger partial charge in [0, 0.05) is 5.57 Å². The van der Waals surface area contributed by atoms with Gasteiger partial charge >= 0.3 is 5.97 Å². The van der Waals surface area contributed by atoms with E-state index in [0.717, 1.165) is 11.1 Å². The van der Waals surface area contributed by atoms with Crippen molar-refractivity contribution in [3.05, 3.63) is 47.6 Å². The molecule has 0 saturated heterocycles. The van der Waals surface area contributed by atoms with Crippen LogP contribution < -0.4 is 0 Å². The van der Waals surface area contributed by atoms with Crippen LogP contribution in [0, 0.1) is 17.3 Å². The molecule has 2 aliphatic carbocycles. The molecule has 3 atom stereocenters. The van der Waals surface area contributed by atoms with Crippen LogP contribution in [-0.4, -0.2) is 17.9 Å². The summed E-state index contributed by atoms with van der Waals surface area (Å²) in [5.41, 5.74) is 2.80. The fourth-order valence-corrected chi connectivity index (χ4v) is 3.56. The first-order chi connectivity index (χ1) is 11.2. The number of ether oxygens (including phenoxy) is 1. The normalized spacial score (nSPS) is 28.2. The average Bonchev–Trinajstić information content (AvgIpc) is 2.90. The van der Waals surface area contributed by atoms with E-state index in [4.69, 9.17) is 4.74 Å². The summed E-state index contributed by atoms with van der Waals surface area (Å²) in [6.07, 6.45) is 8.01. The van der Waals surface area contributed by atoms with Gasteiger partial charge in [0.25, 0.3) is 0 Å². The molecular weight excluding hydrogens is 300 g/mol. The summed E-state index contributed by atoms with van der Waals surface area (Å²) in [6.45, 7) is 13.8. The van der Waals surface area contributed by atoms with Crippen LogP contribution in [0.2, 0.25) is 0 Å². The number of hydrogen-bond acceptors (Lipinski definition) is 3. The maximum Gasteiger partial charge on any atom is 0.310 e. The summed E-state index contributed by atoms with van der Waals surface area (Å²) in [6, 6.07) is 0. The third-order valence-electron chi connectivity index (χ3n) is 5.20. The molecule has 3 heteroatoms. The maximum absolute atomic E-state index is 12.6. The third-order valence-corrected chi connectivity index (χ3v) is 5.20. The number of carbonyl (C=O) groups is 2. The van der Waals surface area contributed by atoms with Crippen molar-refractivity contribution in [2.75, 3.05) is 0 Å². The standard InChI is InChI=1S/C21H28O3/c1-7-8-9-10-15-14(4)18(12-17(15)22)24-20(23)19-16(11-13(2)3)21(19,5)6/h7-9,11,16,18-19H,1,10,12H2,2-6H3/b9-8-. The summed E-state index contributed by atoms with van der Waals surface area (Å²) in [5.74, 6) is 0.0175. The Morgan fingerprint density at radius 1 is 1.38 bits per heavy atom. The Hall–Kier alpha value is -1.90. The molecule has 130 valence electrons. The predicted molar refractivity (Wildman–Crippen MR) is 96.4 cm³/mol. The smallest absolute Gasteiger partial charge is 0.310 e. The molecule has 0 heterocycles. The van der Waals surface area contributed by atoms with Crippen molar-refractivity contribution < 1.29 is 14.3 Å². The molecule has 2 rings (SSSR count). The van der Waals surface area contributed by atoms with Gasteiger partial charge in [0.1, 0.15) is 6.10 Å². The Labute approximate surface area is 145 Å². The molecule has 0 bridgehead atoms. The Balaban J connectivity index is 2.05. The van der Waals surface area contributed by atoms with E-state index in [1.54, 1.807) is 6.08 Å². The first kappa shape index (κ1) is 18.4. The molecule has 2 aliphatic rings. The lowest BCUT2D eigenvalue weighted by atomic mass is 10.1. The molecular formula is C21H28O3. The monoisotopic (exact) mass is 328 g/mol. The SMILES string of the molecule is C=C/C=C\CC1=C(C)C(OC(=O)C2C(C=C(C)C)C2(C)C)CC1=O. The highest BCUT2D eigenvalue weighted by molar-refractivity contribution is 6.00. The molecule has 0 spiro atoms. The van der Waals surface area contributed by atoms with Crippen molar-refractivity contribution in [3.63, 3.8) is 0 Å². The molecule has 0 aromatic rings. The Morgan fingerprint density at radius 2 is 2.04 bits per heavy atom. The summed E-state index contributed by atoms with van der Waals surface area (Å²) >= 11 is 0. The lowest BCUT2D eigenvalue weighted by molar-refractivity contribution is -0.150. The van der Waals surface area contributed by atoms with Crippen molar-refractivity contribution in [1.82, 2.24) is 0 Å². The second kappa shape index (κ2) is 6.92. The second-order valence-corrected chi connectivity index (χ2v) is 7.65. The third kappa shape index (κ3) is 3.61. The number of allylic oxidation sites excluding steroid dienone is 6. The van der Waals surface area contributed by atoms with Gasteiger partial charge in [0.2, 0.25) is 0 Å². The average molecular weight is 328 g/mol. The molecule has 0 aliphatic heterocycles. The number of ketones is 1. The van der Waals surface area contributed by atoms with E-state index in [1.807, 2.05) is 32.9 Å². The van der Waals surface area contributed by atoms with E-state index in [-0.39, 0.29) is 35.4 Å². The van der Waals surface area contributed by atoms with Crippen molar-refractivity contribution in [2.24, 2.45) is 17.3 Å². The van der Waals surface area contributed by atoms with E-state index in [9.17, 15) is 9.59 Å². The van der Waals surface area contributed by atoms with Crippen LogP contribution in [0.5, 0.6) is 0 Å². The van der Waals surface area contributed by atoms with Crippen molar-refractivity contribution >= 4 is 11.8 Å². The zero-order chi connectivity index (χ0) is 18.1. The first-order valence-corrected chi connectivity index (χ1v) is 8.56. The van der Waals surface area contributed by atoms with E-state index in [2.05, 4.69) is 26.5 Å². The van der Waals surface area contributed by atoms with Gasteiger partial charge in [-0.15, -0.1) is 0 Å². The van der Waals surface area contributed by atoms with Gasteiger partial charge in [0.05, 0.1) is 12.3 Å². The Morgan fingerprint density at radius 3 is 2.62 bits per heavy atom. The summed E-state index contributed by atoms with van der Waals surface area (Å²) < 4.78 is 5.71. The molecule has 1 saturated carbocycles. The fraction of sp³-hybridized carbons (Fsp3) is 0.524. The topological polar surface area (TPSA) is 43.4 Å². The molecule has 1 fully saturated rings. The number of hydrogen-bond donors (Lipinski definition) is 0. The molecule has 0 N–H and O–H groups in total. The van der Waals surface area contributed by atoms with Gasteiger partial charge in [0.15, 0.2) is 5.78 Å². The van der Waals surface area contributed by atoms with Crippen molar-refractivity contribution in [3.8, 4) is 0 Å². The zero-order valence-electron chi connectivity index (χ0n) is 15.4. The van der Waals surface area contributed by atoms with Crippen LogP contribution in [0.25, 0.3) is 0 Å². The number of carbonyl (C=O) groups excluding carboxylic acids is 2. The van der Waals surface area contributed by atoms with Gasteiger partial charge in [-0.2, -0.15) is 0 Å². The van der Waals surface area contributed by atoms with E-state index in [1.165, 1.54) is 5.57 Å². The molecule has 0 aromatic heterocycles. The van der Waals surface area contributed by atoms with E-state index >= 15 is 0 Å². The molecule has 24 heavy (non-hydrogen) atoms. The van der Waals surface area contributed by atoms with E-state index < -0.39 is 6.10 Å². The fourth-order valence-electron chi connectivity index (χ4n) is 3.56. The summed E-state index contributed by atoms with van der Waals surface area (Å²) in [5, 5.41) is 0. The predicted octanol–water partition coefficient (Wildman–Crippen LogP) is 4.56. The molecule has 0 radical (unpaired) electrons. The highest BCUT2D eigenvalue weighted by atomic mass is 16.5. The number of Topliss-reactive ketones (excluding diaryl/α,β-unsaturated/α-hetero) is 1. The van der Waals surface area contributed by atoms with Crippen LogP contribution in [0.1, 0.15) is 47.5 Å². The van der Waals surface area contributed by atoms with Crippen molar-refractivity contribution in [2.45, 2.75) is 53.6 Å². The zero-order valence-corrected chi connectivity index (χ0v) is 15.4. The van der Waals surface area contributed by atoms with Crippen LogP contribution >= 0.6 is 0 Å². The molecule has 3 unspecified atom stereocenters. The Bertz CT molecular complexity index is 642. The number of esters is 1. The minimum Gasteiger partial charge on any atom is -0.457 e. The quantitative estimate of drug-likeness (QED) is 0.408. The summed E-state index contributed by atoms with van der Waals surface area (Å²) in [7, 11) is 0. The van der Waals surface area contributed by atoms with Gasteiger partial charge < -0.3 is 4.74 Å². The largest absolute Gasteiger partial charge is 0.457 e. The molecule has 0 aromatic carbocycles. The number of rotatable bonds is 6. The highest BCUT2D eigenvalue weighted by Gasteiger charge is 2.61. The minimum atomic E-state index is -0.402. The maximum atomic E-state index is 12.6. The second-order valence-electron chi connectivity index (χ2n) is 7.65. The first-order valence-electron chi connectivity index (χ1n) is 8.56. The highest BCUT2D eigenvalue weighted by Crippen LogP contribution is 2.60. The lowest BCUT2D eigenvalue weighted by Crippen LogP contribution is -2.20. The van der Waals surface area contributed by atoms with Crippen molar-refractivity contribution in [1.29, 1.82) is 0 Å². The molecule has 3 nitrogen and oxygen atoms in total. The van der Waals surface area contributed by atoms with Crippen LogP contribution in [-0.2, 0) is 14.3 Å². The summed E-state index contributed by atoms with van der Waals surface area (Å²) in [4.78, 5) is 24.8. The van der Waals surface area contributed by atoms with E-state index in [0.29, 0.717) is 6.42 Å². The van der Waals surface area contributed by atoms with Gasteiger partial charge in [-0.3, -0.25) is 9.59 Å². The minimum absolute atomic E-state index is 0.0654. The van der Waals surface area contributed by atoms with Crippen LogP contribution in [0.4, 0.5) is 0 Å². The lowest BCUT2D eigenvalue weighted by Gasteiger charge is -2.13. The van der Waals surface area contributed by atoms with Gasteiger partial charge in [-0.25, -0.2) is 0 Å². The van der Waals surface area contributed by atoms with Crippen LogP contribution in [0.15, 0.2) is 47.6 Å². The molecule has 0 amide bonds. The van der Waals surface area contributed by atoms with Crippen LogP contribution in [0.3, 0.4) is 0 Å². The van der Waals surface area contributed by atoms with Gasteiger partial charge in [-0.1, -0.05) is 50.3 Å². The Kier molecular flexibility index (Phi) is 5.32.